The number of esters is 1. The molecule has 5 rings (SSSR count). The minimum Gasteiger partial charge on any atom is -0.461 e. The summed E-state index contributed by atoms with van der Waals surface area (Å²) in [4.78, 5) is 13.2. The number of fused-ring (bicyclic) bond motifs is 5. The number of carbonyl (C=O) groups is 1. The summed E-state index contributed by atoms with van der Waals surface area (Å²) in [7, 11) is -1.77. The van der Waals surface area contributed by atoms with Crippen LogP contribution in [0.4, 0.5) is 0 Å². The first kappa shape index (κ1) is 32.0. The molecule has 41 heavy (non-hydrogen) atoms. The molecule has 236 valence electrons. The summed E-state index contributed by atoms with van der Waals surface area (Å²) in [6, 6.07) is 0. The molecule has 2 aliphatic heterocycles. The Labute approximate surface area is 252 Å². The summed E-state index contributed by atoms with van der Waals surface area (Å²) in [5.41, 5.74) is 0.395. The van der Waals surface area contributed by atoms with Crippen LogP contribution < -0.4 is 0 Å². The number of hydrogen-bond acceptors (Lipinski definition) is 5. The van der Waals surface area contributed by atoms with Crippen molar-refractivity contribution < 1.29 is 23.4 Å². The average molecular weight is 591 g/mol. The number of ether oxygens (including phenoxy) is 3. The van der Waals surface area contributed by atoms with Gasteiger partial charge in [0.2, 0.25) is 0 Å². The molecule has 6 heteroatoms. The summed E-state index contributed by atoms with van der Waals surface area (Å²) in [5, 5.41) is 0.254. The number of rotatable bonds is 7. The zero-order valence-electron chi connectivity index (χ0n) is 28.1. The highest BCUT2D eigenvalue weighted by atomic mass is 28.4. The maximum Gasteiger partial charge on any atom is 0.306 e. The fourth-order valence-corrected chi connectivity index (χ4v) is 11.4. The van der Waals surface area contributed by atoms with Gasteiger partial charge in [-0.2, -0.15) is 0 Å². The molecule has 3 saturated carbocycles. The molecular weight excluding hydrogens is 528 g/mol. The van der Waals surface area contributed by atoms with Crippen molar-refractivity contribution in [1.29, 1.82) is 0 Å². The molecule has 2 heterocycles. The molecular formula is C35H62O5Si. The fourth-order valence-electron chi connectivity index (χ4n) is 10.0. The second-order valence-corrected chi connectivity index (χ2v) is 22.0. The van der Waals surface area contributed by atoms with Crippen LogP contribution in [0.1, 0.15) is 120 Å². The van der Waals surface area contributed by atoms with E-state index in [1.54, 1.807) is 0 Å². The second-order valence-electron chi connectivity index (χ2n) is 17.3. The van der Waals surface area contributed by atoms with Crippen LogP contribution in [0.3, 0.4) is 0 Å². The zero-order chi connectivity index (χ0) is 30.0. The third-order valence-corrected chi connectivity index (χ3v) is 18.3. The lowest BCUT2D eigenvalue weighted by Gasteiger charge is -2.63. The van der Waals surface area contributed by atoms with Crippen LogP contribution in [0.25, 0.3) is 0 Å². The minimum absolute atomic E-state index is 0.0377. The maximum absolute atomic E-state index is 13.2. The van der Waals surface area contributed by atoms with Gasteiger partial charge in [-0.3, -0.25) is 4.79 Å². The molecule has 0 bridgehead atoms. The van der Waals surface area contributed by atoms with Crippen LogP contribution in [-0.2, 0) is 23.4 Å². The van der Waals surface area contributed by atoms with Gasteiger partial charge in [0.15, 0.2) is 14.1 Å². The fraction of sp³-hybridized carbons (Fsp3) is 0.971. The highest BCUT2D eigenvalue weighted by molar-refractivity contribution is 6.74. The van der Waals surface area contributed by atoms with Gasteiger partial charge in [0.05, 0.1) is 13.2 Å². The standard InChI is InChI=1S/C35H62O5Si/c1-23(2)35(37-19-20-38-35)18-13-24(3)29-22-30(36)39-31-27-12-11-25-21-26(40-41(9,10)32(4,5)6)14-16-33(25,7)28(27)15-17-34(29,31)8/h23-29,31H,11-22H2,1-10H3/t24-,25+,26+,27-,28+,29-,31+,33+,34-/m1/s1. The Balaban J connectivity index is 1.29. The van der Waals surface area contributed by atoms with E-state index in [4.69, 9.17) is 18.6 Å². The summed E-state index contributed by atoms with van der Waals surface area (Å²) >= 11 is 0. The van der Waals surface area contributed by atoms with Crippen molar-refractivity contribution in [1.82, 2.24) is 0 Å². The van der Waals surface area contributed by atoms with E-state index in [9.17, 15) is 4.79 Å². The van der Waals surface area contributed by atoms with Gasteiger partial charge < -0.3 is 18.6 Å². The first-order valence-corrected chi connectivity index (χ1v) is 20.1. The van der Waals surface area contributed by atoms with Crippen LogP contribution in [-0.4, -0.2) is 45.5 Å². The van der Waals surface area contributed by atoms with Crippen LogP contribution >= 0.6 is 0 Å². The Kier molecular flexibility index (Phi) is 8.72. The summed E-state index contributed by atoms with van der Waals surface area (Å²) in [5.74, 6) is 2.58. The molecule has 5 nitrogen and oxygen atoms in total. The van der Waals surface area contributed by atoms with E-state index in [0.717, 1.165) is 18.8 Å². The Hall–Kier alpha value is -0.433. The second kappa shape index (κ2) is 11.2. The van der Waals surface area contributed by atoms with Crippen LogP contribution in [0.15, 0.2) is 0 Å². The van der Waals surface area contributed by atoms with Crippen molar-refractivity contribution in [2.45, 2.75) is 156 Å². The molecule has 0 spiro atoms. The summed E-state index contributed by atoms with van der Waals surface area (Å²) in [6.45, 7) is 25.1. The lowest BCUT2D eigenvalue weighted by Crippen LogP contribution is -2.61. The normalized spacial score (nSPS) is 41.8. The summed E-state index contributed by atoms with van der Waals surface area (Å²) in [6.07, 6.45) is 11.5. The van der Waals surface area contributed by atoms with E-state index < -0.39 is 14.1 Å². The molecule has 3 aliphatic carbocycles. The Bertz CT molecular complexity index is 951. The number of hydrogen-bond donors (Lipinski definition) is 0. The molecule has 0 aromatic carbocycles. The van der Waals surface area contributed by atoms with Crippen LogP contribution in [0.5, 0.6) is 0 Å². The van der Waals surface area contributed by atoms with Crippen molar-refractivity contribution in [3.63, 3.8) is 0 Å². The lowest BCUT2D eigenvalue weighted by atomic mass is 9.44. The zero-order valence-corrected chi connectivity index (χ0v) is 29.1. The van der Waals surface area contributed by atoms with E-state index in [-0.39, 0.29) is 22.5 Å². The molecule has 0 amide bonds. The monoisotopic (exact) mass is 590 g/mol. The van der Waals surface area contributed by atoms with Crippen molar-refractivity contribution in [2.24, 2.45) is 46.3 Å². The van der Waals surface area contributed by atoms with Gasteiger partial charge in [0.25, 0.3) is 0 Å². The first-order chi connectivity index (χ1) is 19.0. The molecule has 9 atom stereocenters. The van der Waals surface area contributed by atoms with Gasteiger partial charge in [-0.25, -0.2) is 0 Å². The molecule has 0 aromatic rings. The lowest BCUT2D eigenvalue weighted by molar-refractivity contribution is -0.221. The van der Waals surface area contributed by atoms with Crippen molar-refractivity contribution >= 4 is 14.3 Å². The van der Waals surface area contributed by atoms with E-state index in [2.05, 4.69) is 68.5 Å². The van der Waals surface area contributed by atoms with E-state index in [1.165, 1.54) is 44.9 Å². The van der Waals surface area contributed by atoms with Crippen LogP contribution in [0.2, 0.25) is 18.1 Å². The molecule has 2 saturated heterocycles. The molecule has 5 aliphatic rings. The molecule has 5 fully saturated rings. The Morgan fingerprint density at radius 3 is 2.27 bits per heavy atom. The van der Waals surface area contributed by atoms with Crippen molar-refractivity contribution in [2.75, 3.05) is 13.2 Å². The molecule has 0 N–H and O–H groups in total. The third-order valence-electron chi connectivity index (χ3n) is 13.8. The van der Waals surface area contributed by atoms with Gasteiger partial charge in [-0.15, -0.1) is 0 Å². The SMILES string of the molecule is CC(C)C1(CC[C@@H](C)[C@H]2CC(=O)O[C@H]3[C@@H]4CC[C@H]5C[C@@H](O[Si](C)(C)C(C)(C)C)CC[C@]5(C)[C@H]4CC[C@]23C)OCCO1. The van der Waals surface area contributed by atoms with Crippen LogP contribution in [0, 0.1) is 46.3 Å². The Morgan fingerprint density at radius 1 is 0.976 bits per heavy atom. The van der Waals surface area contributed by atoms with Gasteiger partial charge in [0.1, 0.15) is 6.10 Å². The maximum atomic E-state index is 13.2. The van der Waals surface area contributed by atoms with E-state index in [0.29, 0.717) is 60.7 Å². The molecule has 0 radical (unpaired) electrons. The average Bonchev–Trinajstić information content (AvgIpc) is 3.37. The molecule has 0 unspecified atom stereocenters. The largest absolute Gasteiger partial charge is 0.461 e. The Morgan fingerprint density at radius 2 is 1.63 bits per heavy atom. The highest BCUT2D eigenvalue weighted by Crippen LogP contribution is 2.65. The predicted octanol–water partition coefficient (Wildman–Crippen LogP) is 8.76. The number of carbonyl (C=O) groups excluding carboxylic acids is 1. The van der Waals surface area contributed by atoms with E-state index >= 15 is 0 Å². The molecule has 0 aromatic heterocycles. The smallest absolute Gasteiger partial charge is 0.306 e. The topological polar surface area (TPSA) is 54.0 Å². The third kappa shape index (κ3) is 5.63. The predicted molar refractivity (Wildman–Crippen MR) is 167 cm³/mol. The minimum atomic E-state index is -1.77. The van der Waals surface area contributed by atoms with Crippen molar-refractivity contribution in [3.8, 4) is 0 Å². The van der Waals surface area contributed by atoms with Gasteiger partial charge in [0, 0.05) is 30.3 Å². The quantitative estimate of drug-likeness (QED) is 0.219. The van der Waals surface area contributed by atoms with E-state index in [1.807, 2.05) is 0 Å². The first-order valence-electron chi connectivity index (χ1n) is 17.2. The summed E-state index contributed by atoms with van der Waals surface area (Å²) < 4.78 is 25.7. The highest BCUT2D eigenvalue weighted by Gasteiger charge is 2.62. The van der Waals surface area contributed by atoms with Gasteiger partial charge in [-0.05, 0) is 105 Å². The van der Waals surface area contributed by atoms with Gasteiger partial charge >= 0.3 is 5.97 Å². The van der Waals surface area contributed by atoms with Gasteiger partial charge in [-0.1, -0.05) is 55.4 Å². The van der Waals surface area contributed by atoms with Crippen molar-refractivity contribution in [3.05, 3.63) is 0 Å².